The molecule has 0 bridgehead atoms. The van der Waals surface area contributed by atoms with E-state index in [-0.39, 0.29) is 11.7 Å². The highest BCUT2D eigenvalue weighted by molar-refractivity contribution is 6.33. The number of hydrogen-bond donors (Lipinski definition) is 0. The maximum absolute atomic E-state index is 12.9. The molecule has 0 aliphatic carbocycles. The van der Waals surface area contributed by atoms with Crippen LogP contribution in [0.5, 0.6) is 0 Å². The third-order valence-corrected chi connectivity index (χ3v) is 2.59. The monoisotopic (exact) mass is 213 g/mol. The minimum absolute atomic E-state index is 0.0116. The van der Waals surface area contributed by atoms with Gasteiger partial charge in [-0.15, -0.1) is 0 Å². The number of rotatable bonds is 1. The third kappa shape index (κ3) is 1.60. The van der Waals surface area contributed by atoms with Crippen LogP contribution >= 0.6 is 11.6 Å². The number of anilines is 1. The maximum Gasteiger partial charge on any atom is 0.227 e. The van der Waals surface area contributed by atoms with Crippen LogP contribution in [0.4, 0.5) is 10.1 Å². The highest BCUT2D eigenvalue weighted by Gasteiger charge is 2.23. The lowest BCUT2D eigenvalue weighted by molar-refractivity contribution is -0.117. The molecule has 2 nitrogen and oxygen atoms in total. The summed E-state index contributed by atoms with van der Waals surface area (Å²) in [6, 6.07) is 4.05. The number of amides is 1. The van der Waals surface area contributed by atoms with E-state index in [0.717, 1.165) is 6.42 Å². The summed E-state index contributed by atoms with van der Waals surface area (Å²) in [7, 11) is 0. The lowest BCUT2D eigenvalue weighted by atomic mass is 10.3. The molecule has 0 saturated carbocycles. The molecule has 14 heavy (non-hydrogen) atoms. The number of halogens is 2. The summed E-state index contributed by atoms with van der Waals surface area (Å²) in [4.78, 5) is 12.9. The van der Waals surface area contributed by atoms with E-state index in [2.05, 4.69) is 0 Å². The van der Waals surface area contributed by atoms with Crippen molar-refractivity contribution < 1.29 is 9.18 Å². The summed E-state index contributed by atoms with van der Waals surface area (Å²) in [6.45, 7) is 0.627. The first kappa shape index (κ1) is 9.46. The first-order chi connectivity index (χ1) is 6.68. The summed E-state index contributed by atoms with van der Waals surface area (Å²) in [5, 5.41) is 0.418. The molecule has 0 atom stereocenters. The molecule has 1 aromatic rings. The van der Waals surface area contributed by atoms with Gasteiger partial charge < -0.3 is 4.90 Å². The minimum Gasteiger partial charge on any atom is -0.311 e. The number of nitrogens with zero attached hydrogens (tertiary/aromatic N) is 1. The third-order valence-electron chi connectivity index (χ3n) is 2.27. The fraction of sp³-hybridized carbons (Fsp3) is 0.300. The molecule has 0 spiro atoms. The van der Waals surface area contributed by atoms with Crippen LogP contribution in [0.25, 0.3) is 0 Å². The van der Waals surface area contributed by atoms with Gasteiger partial charge in [0.15, 0.2) is 0 Å². The van der Waals surface area contributed by atoms with Crippen molar-refractivity contribution in [2.45, 2.75) is 12.8 Å². The van der Waals surface area contributed by atoms with Crippen molar-refractivity contribution in [2.75, 3.05) is 11.4 Å². The molecule has 0 unspecified atom stereocenters. The summed E-state index contributed by atoms with van der Waals surface area (Å²) < 4.78 is 12.9. The molecule has 1 heterocycles. The van der Waals surface area contributed by atoms with Crippen molar-refractivity contribution in [3.8, 4) is 0 Å². The predicted molar refractivity (Wildman–Crippen MR) is 53.0 cm³/mol. The second kappa shape index (κ2) is 3.58. The van der Waals surface area contributed by atoms with Gasteiger partial charge in [0.2, 0.25) is 5.91 Å². The molecular weight excluding hydrogens is 205 g/mol. The van der Waals surface area contributed by atoms with Gasteiger partial charge in [-0.1, -0.05) is 11.6 Å². The van der Waals surface area contributed by atoms with Crippen LogP contribution < -0.4 is 4.90 Å². The van der Waals surface area contributed by atoms with E-state index in [9.17, 15) is 9.18 Å². The molecule has 74 valence electrons. The first-order valence-corrected chi connectivity index (χ1v) is 4.82. The predicted octanol–water partition coefficient (Wildman–Crippen LogP) is 2.61. The molecule has 1 aromatic carbocycles. The minimum atomic E-state index is -0.371. The van der Waals surface area contributed by atoms with Gasteiger partial charge in [-0.25, -0.2) is 4.39 Å². The van der Waals surface area contributed by atoms with Gasteiger partial charge in [-0.2, -0.15) is 0 Å². The van der Waals surface area contributed by atoms with Crippen LogP contribution in [0.3, 0.4) is 0 Å². The first-order valence-electron chi connectivity index (χ1n) is 4.44. The van der Waals surface area contributed by atoms with E-state index in [4.69, 9.17) is 11.6 Å². The Kier molecular flexibility index (Phi) is 2.42. The van der Waals surface area contributed by atoms with Gasteiger partial charge in [0.25, 0.3) is 0 Å². The number of carbonyl (C=O) groups excluding carboxylic acids is 1. The van der Waals surface area contributed by atoms with E-state index in [1.54, 1.807) is 0 Å². The van der Waals surface area contributed by atoms with Crippen LogP contribution in [-0.4, -0.2) is 12.5 Å². The summed E-state index contributed by atoms with van der Waals surface area (Å²) in [5.74, 6) is -0.360. The molecule has 1 saturated heterocycles. The summed E-state index contributed by atoms with van der Waals surface area (Å²) >= 11 is 5.88. The zero-order valence-electron chi connectivity index (χ0n) is 7.46. The van der Waals surface area contributed by atoms with E-state index in [1.807, 2.05) is 0 Å². The lowest BCUT2D eigenvalue weighted by Gasteiger charge is -2.16. The van der Waals surface area contributed by atoms with Crippen molar-refractivity contribution in [3.05, 3.63) is 29.0 Å². The molecule has 0 radical (unpaired) electrons. The van der Waals surface area contributed by atoms with E-state index in [0.29, 0.717) is 23.7 Å². The Bertz CT molecular complexity index is 380. The smallest absolute Gasteiger partial charge is 0.227 e. The second-order valence-electron chi connectivity index (χ2n) is 3.24. The molecule has 0 N–H and O–H groups in total. The molecule has 1 amide bonds. The Morgan fingerprint density at radius 1 is 1.43 bits per heavy atom. The Balaban J connectivity index is 2.39. The van der Waals surface area contributed by atoms with E-state index in [1.165, 1.54) is 23.1 Å². The zero-order chi connectivity index (χ0) is 10.1. The lowest BCUT2D eigenvalue weighted by Crippen LogP contribution is -2.24. The molecule has 2 rings (SSSR count). The molecule has 1 aliphatic heterocycles. The van der Waals surface area contributed by atoms with Gasteiger partial charge in [-0.05, 0) is 24.6 Å². The van der Waals surface area contributed by atoms with Crippen LogP contribution in [0.1, 0.15) is 12.8 Å². The average molecular weight is 214 g/mol. The van der Waals surface area contributed by atoms with Crippen LogP contribution in [0.2, 0.25) is 5.02 Å². The van der Waals surface area contributed by atoms with Crippen molar-refractivity contribution in [2.24, 2.45) is 0 Å². The van der Waals surface area contributed by atoms with Crippen molar-refractivity contribution in [1.29, 1.82) is 0 Å². The van der Waals surface area contributed by atoms with Gasteiger partial charge >= 0.3 is 0 Å². The highest BCUT2D eigenvalue weighted by Crippen LogP contribution is 2.29. The Morgan fingerprint density at radius 3 is 2.86 bits per heavy atom. The summed E-state index contributed by atoms with van der Waals surface area (Å²) in [6.07, 6.45) is 1.33. The van der Waals surface area contributed by atoms with E-state index < -0.39 is 0 Å². The molecule has 1 aliphatic rings. The molecular formula is C10H9ClFNO. The number of benzene rings is 1. The number of carbonyl (C=O) groups is 1. The van der Waals surface area contributed by atoms with Crippen LogP contribution in [0.15, 0.2) is 18.2 Å². The van der Waals surface area contributed by atoms with Crippen LogP contribution in [-0.2, 0) is 4.79 Å². The average Bonchev–Trinajstić information content (AvgIpc) is 2.56. The molecule has 0 aromatic heterocycles. The van der Waals surface area contributed by atoms with Crippen molar-refractivity contribution in [3.63, 3.8) is 0 Å². The fourth-order valence-electron chi connectivity index (χ4n) is 1.60. The maximum atomic E-state index is 12.9. The SMILES string of the molecule is O=C1CCCN1c1cc(F)ccc1Cl. The topological polar surface area (TPSA) is 20.3 Å². The summed E-state index contributed by atoms with van der Waals surface area (Å²) in [5.41, 5.74) is 0.481. The van der Waals surface area contributed by atoms with Crippen LogP contribution in [0, 0.1) is 5.82 Å². The quantitative estimate of drug-likeness (QED) is 0.702. The normalized spacial score (nSPS) is 16.4. The van der Waals surface area contributed by atoms with E-state index >= 15 is 0 Å². The highest BCUT2D eigenvalue weighted by atomic mass is 35.5. The van der Waals surface area contributed by atoms with Crippen molar-refractivity contribution >= 4 is 23.2 Å². The zero-order valence-corrected chi connectivity index (χ0v) is 8.22. The Morgan fingerprint density at radius 2 is 2.21 bits per heavy atom. The van der Waals surface area contributed by atoms with Gasteiger partial charge in [0, 0.05) is 13.0 Å². The van der Waals surface area contributed by atoms with Gasteiger partial charge in [0.05, 0.1) is 10.7 Å². The van der Waals surface area contributed by atoms with Gasteiger partial charge in [0.1, 0.15) is 5.82 Å². The van der Waals surface area contributed by atoms with Gasteiger partial charge in [-0.3, -0.25) is 4.79 Å². The standard InChI is InChI=1S/C10H9ClFNO/c11-8-4-3-7(12)6-9(8)13-5-1-2-10(13)14/h3-4,6H,1-2,5H2. The Labute approximate surface area is 86.3 Å². The second-order valence-corrected chi connectivity index (χ2v) is 3.65. The van der Waals surface area contributed by atoms with Crippen molar-refractivity contribution in [1.82, 2.24) is 0 Å². The fourth-order valence-corrected chi connectivity index (χ4v) is 1.82. The number of hydrogen-bond acceptors (Lipinski definition) is 1. The molecule has 1 fully saturated rings. The Hall–Kier alpha value is -1.09. The largest absolute Gasteiger partial charge is 0.311 e. The molecule has 4 heteroatoms.